The van der Waals surface area contributed by atoms with Gasteiger partial charge in [0.25, 0.3) is 5.91 Å². The van der Waals surface area contributed by atoms with Crippen molar-refractivity contribution in [3.05, 3.63) is 58.1 Å². The summed E-state index contributed by atoms with van der Waals surface area (Å²) < 4.78 is 13.1. The van der Waals surface area contributed by atoms with Crippen LogP contribution < -0.4 is 10.1 Å². The maximum atomic E-state index is 12.8. The number of hydrogen-bond acceptors (Lipinski definition) is 6. The molecule has 0 radical (unpaired) electrons. The van der Waals surface area contributed by atoms with Crippen LogP contribution in [0.1, 0.15) is 46.9 Å². The first-order valence-electron chi connectivity index (χ1n) is 11.2. The summed E-state index contributed by atoms with van der Waals surface area (Å²) >= 11 is 4.92. The molecule has 2 heterocycles. The predicted octanol–water partition coefficient (Wildman–Crippen LogP) is 5.96. The van der Waals surface area contributed by atoms with Crippen LogP contribution >= 0.6 is 27.3 Å². The maximum Gasteiger partial charge on any atom is 0.341 e. The van der Waals surface area contributed by atoms with Crippen molar-refractivity contribution in [3.8, 4) is 5.75 Å². The summed E-state index contributed by atoms with van der Waals surface area (Å²) in [6, 6.07) is 12.7. The van der Waals surface area contributed by atoms with Crippen LogP contribution in [0.2, 0.25) is 0 Å². The Balaban J connectivity index is 1.64. The zero-order valence-electron chi connectivity index (χ0n) is 18.6. The molecule has 1 fully saturated rings. The summed E-state index contributed by atoms with van der Waals surface area (Å²) in [5, 5.41) is 4.07. The van der Waals surface area contributed by atoms with E-state index in [2.05, 4.69) is 26.1 Å². The minimum absolute atomic E-state index is 0.248. The van der Waals surface area contributed by atoms with E-state index in [1.54, 1.807) is 31.2 Å². The number of halogens is 1. The molecule has 0 aliphatic carbocycles. The maximum absolute atomic E-state index is 12.8. The first-order valence-corrected chi connectivity index (χ1v) is 12.8. The number of carbonyl (C=O) groups is 2. The van der Waals surface area contributed by atoms with Crippen LogP contribution in [0.15, 0.2) is 46.9 Å². The van der Waals surface area contributed by atoms with Crippen molar-refractivity contribution < 1.29 is 19.1 Å². The molecule has 174 valence electrons. The number of esters is 1. The normalized spacial score (nSPS) is 14.2. The number of likely N-dealkylation sites (tertiary alicyclic amines) is 1. The Kier molecular flexibility index (Phi) is 8.01. The highest BCUT2D eigenvalue weighted by atomic mass is 79.9. The van der Waals surface area contributed by atoms with Gasteiger partial charge in [0.1, 0.15) is 17.2 Å². The molecule has 1 saturated heterocycles. The fourth-order valence-corrected chi connectivity index (χ4v) is 5.73. The number of piperidine rings is 1. The highest BCUT2D eigenvalue weighted by molar-refractivity contribution is 9.10. The van der Waals surface area contributed by atoms with E-state index in [1.165, 1.54) is 30.6 Å². The highest BCUT2D eigenvalue weighted by Crippen LogP contribution is 2.44. The van der Waals surface area contributed by atoms with Gasteiger partial charge in [0.2, 0.25) is 0 Å². The summed E-state index contributed by atoms with van der Waals surface area (Å²) in [5.41, 5.74) is 0.874. The SMILES string of the molecule is CCOC(=O)c1c(NC(=O)c2ccccc2)sc2c(OCCN3CCCCC3)c(Br)ccc12. The monoisotopic (exact) mass is 530 g/mol. The van der Waals surface area contributed by atoms with E-state index in [-0.39, 0.29) is 12.5 Å². The number of ether oxygens (including phenoxy) is 2. The fourth-order valence-electron chi connectivity index (χ4n) is 3.97. The third-order valence-corrected chi connectivity index (χ3v) is 7.35. The molecule has 3 aromatic rings. The predicted molar refractivity (Wildman–Crippen MR) is 136 cm³/mol. The van der Waals surface area contributed by atoms with Gasteiger partial charge in [-0.15, -0.1) is 11.3 Å². The number of rotatable bonds is 8. The van der Waals surface area contributed by atoms with Crippen LogP contribution in [0.4, 0.5) is 5.00 Å². The van der Waals surface area contributed by atoms with Gasteiger partial charge in [0.15, 0.2) is 5.75 Å². The van der Waals surface area contributed by atoms with Gasteiger partial charge in [-0.1, -0.05) is 30.7 Å². The Bertz CT molecular complexity index is 1130. The number of nitrogens with zero attached hydrogens (tertiary/aromatic N) is 1. The van der Waals surface area contributed by atoms with Gasteiger partial charge in [-0.25, -0.2) is 4.79 Å². The molecule has 8 heteroatoms. The average molecular weight is 531 g/mol. The van der Waals surface area contributed by atoms with Gasteiger partial charge in [0.05, 0.1) is 15.8 Å². The van der Waals surface area contributed by atoms with Gasteiger partial charge in [-0.2, -0.15) is 0 Å². The van der Waals surface area contributed by atoms with Crippen molar-refractivity contribution in [1.29, 1.82) is 0 Å². The molecule has 0 bridgehead atoms. The molecular formula is C25H27BrN2O4S. The Labute approximate surface area is 206 Å². The van der Waals surface area contributed by atoms with E-state index in [9.17, 15) is 9.59 Å². The standard InChI is InChI=1S/C25H27BrN2O4S/c1-2-31-25(30)20-18-11-12-19(26)21(32-16-15-28-13-7-4-8-14-28)22(18)33-24(20)27-23(29)17-9-5-3-6-10-17/h3,5-6,9-12H,2,4,7-8,13-16H2,1H3,(H,27,29). The first kappa shape index (κ1) is 23.7. The van der Waals surface area contributed by atoms with Crippen LogP contribution in [0.5, 0.6) is 5.75 Å². The molecular weight excluding hydrogens is 504 g/mol. The summed E-state index contributed by atoms with van der Waals surface area (Å²) in [5.74, 6) is -0.0618. The van der Waals surface area contributed by atoms with E-state index in [4.69, 9.17) is 9.47 Å². The summed E-state index contributed by atoms with van der Waals surface area (Å²) in [4.78, 5) is 28.1. The molecule has 1 aliphatic rings. The average Bonchev–Trinajstić information content (AvgIpc) is 3.20. The molecule has 6 nitrogen and oxygen atoms in total. The highest BCUT2D eigenvalue weighted by Gasteiger charge is 2.25. The second-order valence-corrected chi connectivity index (χ2v) is 9.73. The van der Waals surface area contributed by atoms with Crippen molar-refractivity contribution >= 4 is 54.2 Å². The second kappa shape index (κ2) is 11.1. The Morgan fingerprint density at radius 1 is 1.09 bits per heavy atom. The molecule has 4 rings (SSSR count). The van der Waals surface area contributed by atoms with Crippen molar-refractivity contribution in [2.75, 3.05) is 38.2 Å². The summed E-state index contributed by atoms with van der Waals surface area (Å²) in [7, 11) is 0. The van der Waals surface area contributed by atoms with Crippen LogP contribution in [0.25, 0.3) is 10.1 Å². The lowest BCUT2D eigenvalue weighted by molar-refractivity contribution is 0.0530. The lowest BCUT2D eigenvalue weighted by atomic mass is 10.1. The van der Waals surface area contributed by atoms with Crippen molar-refractivity contribution in [2.24, 2.45) is 0 Å². The van der Waals surface area contributed by atoms with Crippen LogP contribution in [-0.4, -0.2) is 49.6 Å². The zero-order valence-corrected chi connectivity index (χ0v) is 21.0. The number of hydrogen-bond donors (Lipinski definition) is 1. The Hall–Kier alpha value is -2.42. The Morgan fingerprint density at radius 3 is 2.58 bits per heavy atom. The number of carbonyl (C=O) groups excluding carboxylic acids is 2. The van der Waals surface area contributed by atoms with Crippen molar-refractivity contribution in [3.63, 3.8) is 0 Å². The number of fused-ring (bicyclic) bond motifs is 1. The molecule has 0 saturated carbocycles. The quantitative estimate of drug-likeness (QED) is 0.364. The van der Waals surface area contributed by atoms with Crippen LogP contribution in [0, 0.1) is 0 Å². The topological polar surface area (TPSA) is 67.9 Å². The molecule has 0 atom stereocenters. The molecule has 0 unspecified atom stereocenters. The molecule has 1 amide bonds. The molecule has 1 aliphatic heterocycles. The molecule has 0 spiro atoms. The minimum Gasteiger partial charge on any atom is -0.490 e. The van der Waals surface area contributed by atoms with E-state index in [1.807, 2.05) is 18.2 Å². The van der Waals surface area contributed by atoms with E-state index in [0.717, 1.165) is 28.8 Å². The summed E-state index contributed by atoms with van der Waals surface area (Å²) in [6.07, 6.45) is 3.76. The van der Waals surface area contributed by atoms with Gasteiger partial charge >= 0.3 is 5.97 Å². The minimum atomic E-state index is -0.464. The third-order valence-electron chi connectivity index (χ3n) is 5.61. The zero-order chi connectivity index (χ0) is 23.2. The second-order valence-electron chi connectivity index (χ2n) is 7.85. The smallest absolute Gasteiger partial charge is 0.341 e. The number of benzene rings is 2. The number of nitrogens with one attached hydrogen (secondary N) is 1. The molecule has 1 aromatic heterocycles. The van der Waals surface area contributed by atoms with Gasteiger partial charge in [-0.05, 0) is 67.0 Å². The van der Waals surface area contributed by atoms with E-state index in [0.29, 0.717) is 33.9 Å². The van der Waals surface area contributed by atoms with Gasteiger partial charge in [0, 0.05) is 17.5 Å². The van der Waals surface area contributed by atoms with E-state index < -0.39 is 5.97 Å². The van der Waals surface area contributed by atoms with Crippen molar-refractivity contribution in [1.82, 2.24) is 4.90 Å². The lowest BCUT2D eigenvalue weighted by Gasteiger charge is -2.26. The van der Waals surface area contributed by atoms with E-state index >= 15 is 0 Å². The molecule has 2 aromatic carbocycles. The first-order chi connectivity index (χ1) is 16.1. The number of anilines is 1. The molecule has 33 heavy (non-hydrogen) atoms. The third kappa shape index (κ3) is 5.57. The van der Waals surface area contributed by atoms with Crippen molar-refractivity contribution in [2.45, 2.75) is 26.2 Å². The Morgan fingerprint density at radius 2 is 1.85 bits per heavy atom. The summed E-state index contributed by atoms with van der Waals surface area (Å²) in [6.45, 7) is 5.64. The number of thiophene rings is 1. The van der Waals surface area contributed by atoms with Gasteiger partial charge in [-0.3, -0.25) is 9.69 Å². The largest absolute Gasteiger partial charge is 0.490 e. The van der Waals surface area contributed by atoms with Crippen LogP contribution in [-0.2, 0) is 4.74 Å². The molecule has 1 N–H and O–H groups in total. The van der Waals surface area contributed by atoms with Crippen LogP contribution in [0.3, 0.4) is 0 Å². The lowest BCUT2D eigenvalue weighted by Crippen LogP contribution is -2.33. The number of amides is 1. The fraction of sp³-hybridized carbons (Fsp3) is 0.360. The van der Waals surface area contributed by atoms with Gasteiger partial charge < -0.3 is 14.8 Å².